The lowest BCUT2D eigenvalue weighted by atomic mass is 10.2. The van der Waals surface area contributed by atoms with E-state index in [4.69, 9.17) is 11.6 Å². The van der Waals surface area contributed by atoms with E-state index in [1.54, 1.807) is 4.52 Å². The number of nitrogens with zero attached hydrogens (tertiary/aromatic N) is 5. The minimum absolute atomic E-state index is 0.521. The Morgan fingerprint density at radius 2 is 2.26 bits per heavy atom. The van der Waals surface area contributed by atoms with Crippen LogP contribution in [0.3, 0.4) is 0 Å². The van der Waals surface area contributed by atoms with Crippen LogP contribution in [-0.4, -0.2) is 32.7 Å². The molecular formula is C13H18ClN5. The summed E-state index contributed by atoms with van der Waals surface area (Å²) in [6, 6.07) is 0. The number of hydrogen-bond acceptors (Lipinski definition) is 4. The molecule has 0 spiro atoms. The van der Waals surface area contributed by atoms with E-state index in [0.29, 0.717) is 10.9 Å². The van der Waals surface area contributed by atoms with Gasteiger partial charge in [-0.3, -0.25) is 0 Å². The maximum Gasteiger partial charge on any atom is 0.255 e. The zero-order valence-corrected chi connectivity index (χ0v) is 12.1. The molecule has 19 heavy (non-hydrogen) atoms. The highest BCUT2D eigenvalue weighted by Gasteiger charge is 2.27. The Bertz CT molecular complexity index is 590. The van der Waals surface area contributed by atoms with Crippen LogP contribution in [0.4, 0.5) is 5.82 Å². The van der Waals surface area contributed by atoms with E-state index in [9.17, 15) is 0 Å². The highest BCUT2D eigenvalue weighted by atomic mass is 35.5. The van der Waals surface area contributed by atoms with Crippen molar-refractivity contribution in [3.8, 4) is 0 Å². The molecule has 0 bridgehead atoms. The van der Waals surface area contributed by atoms with Gasteiger partial charge in [-0.25, -0.2) is 0 Å². The molecule has 5 nitrogen and oxygen atoms in total. The monoisotopic (exact) mass is 279 g/mol. The molecule has 0 saturated heterocycles. The molecule has 2 aromatic heterocycles. The largest absolute Gasteiger partial charge is 0.356 e. The smallest absolute Gasteiger partial charge is 0.255 e. The van der Waals surface area contributed by atoms with E-state index < -0.39 is 0 Å². The van der Waals surface area contributed by atoms with Crippen molar-refractivity contribution in [2.24, 2.45) is 5.92 Å². The lowest BCUT2D eigenvalue weighted by Gasteiger charge is -2.26. The lowest BCUT2D eigenvalue weighted by Crippen LogP contribution is -2.29. The lowest BCUT2D eigenvalue weighted by molar-refractivity contribution is 0.682. The van der Waals surface area contributed by atoms with Crippen molar-refractivity contribution in [1.82, 2.24) is 19.6 Å². The number of anilines is 1. The quantitative estimate of drug-likeness (QED) is 0.790. The summed E-state index contributed by atoms with van der Waals surface area (Å²) in [4.78, 5) is 10.8. The van der Waals surface area contributed by atoms with Gasteiger partial charge in [0.1, 0.15) is 17.3 Å². The zero-order valence-electron chi connectivity index (χ0n) is 11.3. The highest BCUT2D eigenvalue weighted by molar-refractivity contribution is 6.30. The van der Waals surface area contributed by atoms with E-state index >= 15 is 0 Å². The van der Waals surface area contributed by atoms with Crippen LogP contribution in [-0.2, 0) is 0 Å². The number of hydrogen-bond donors (Lipinski definition) is 0. The number of aromatic nitrogens is 4. The van der Waals surface area contributed by atoms with Gasteiger partial charge in [0.2, 0.25) is 0 Å². The van der Waals surface area contributed by atoms with Crippen molar-refractivity contribution in [3.63, 3.8) is 0 Å². The first kappa shape index (κ1) is 12.7. The van der Waals surface area contributed by atoms with Crippen molar-refractivity contribution in [2.75, 3.05) is 18.0 Å². The van der Waals surface area contributed by atoms with E-state index in [1.165, 1.54) is 19.2 Å². The molecule has 0 aliphatic heterocycles. The van der Waals surface area contributed by atoms with Crippen LogP contribution in [0.25, 0.3) is 5.78 Å². The van der Waals surface area contributed by atoms with E-state index in [1.807, 2.05) is 6.92 Å². The second-order valence-electron chi connectivity index (χ2n) is 5.21. The van der Waals surface area contributed by atoms with Crippen molar-refractivity contribution in [2.45, 2.75) is 33.1 Å². The topological polar surface area (TPSA) is 46.3 Å². The molecule has 1 aliphatic carbocycles. The second kappa shape index (κ2) is 4.96. The van der Waals surface area contributed by atoms with Gasteiger partial charge >= 0.3 is 0 Å². The van der Waals surface area contributed by atoms with Gasteiger partial charge in [0.25, 0.3) is 5.78 Å². The van der Waals surface area contributed by atoms with Crippen LogP contribution in [0, 0.1) is 12.8 Å². The van der Waals surface area contributed by atoms with E-state index in [2.05, 4.69) is 26.9 Å². The fourth-order valence-electron chi connectivity index (χ4n) is 2.42. The van der Waals surface area contributed by atoms with Crippen LogP contribution in [0.5, 0.6) is 0 Å². The first-order valence-corrected chi connectivity index (χ1v) is 7.19. The minimum Gasteiger partial charge on any atom is -0.356 e. The maximum absolute atomic E-state index is 6.23. The Labute approximate surface area is 117 Å². The third-order valence-electron chi connectivity index (χ3n) is 3.54. The summed E-state index contributed by atoms with van der Waals surface area (Å²) in [6.07, 6.45) is 5.29. The van der Waals surface area contributed by atoms with Gasteiger partial charge in [0, 0.05) is 18.7 Å². The highest BCUT2D eigenvalue weighted by Crippen LogP contribution is 2.33. The molecule has 0 atom stereocenters. The second-order valence-corrected chi connectivity index (χ2v) is 5.57. The third-order valence-corrected chi connectivity index (χ3v) is 3.91. The molecule has 2 aromatic rings. The zero-order chi connectivity index (χ0) is 13.4. The SMILES string of the molecule is CCCN(CC1CC1)c1c(C)c(Cl)nc2ncnn12. The first-order valence-electron chi connectivity index (χ1n) is 6.81. The summed E-state index contributed by atoms with van der Waals surface area (Å²) in [6.45, 7) is 6.27. The Morgan fingerprint density at radius 3 is 2.95 bits per heavy atom. The van der Waals surface area contributed by atoms with Crippen LogP contribution in [0.1, 0.15) is 31.7 Å². The molecule has 1 saturated carbocycles. The third kappa shape index (κ3) is 2.39. The number of fused-ring (bicyclic) bond motifs is 1. The standard InChI is InChI=1S/C13H18ClN5/c1-3-6-18(7-10-4-5-10)12-9(2)11(14)17-13-15-8-16-19(12)13/h8,10H,3-7H2,1-2H3. The van der Waals surface area contributed by atoms with Gasteiger partial charge in [0.05, 0.1) is 0 Å². The molecule has 0 N–H and O–H groups in total. The summed E-state index contributed by atoms with van der Waals surface area (Å²) < 4.78 is 1.80. The number of halogens is 1. The average Bonchev–Trinajstić information content (AvgIpc) is 3.08. The Balaban J connectivity index is 2.08. The fourth-order valence-corrected chi connectivity index (χ4v) is 2.58. The van der Waals surface area contributed by atoms with Gasteiger partial charge in [0.15, 0.2) is 0 Å². The van der Waals surface area contributed by atoms with Crippen molar-refractivity contribution in [3.05, 3.63) is 17.0 Å². The molecule has 0 aromatic carbocycles. The first-order chi connectivity index (χ1) is 9.20. The molecule has 0 amide bonds. The molecule has 0 unspecified atom stereocenters. The van der Waals surface area contributed by atoms with Gasteiger partial charge < -0.3 is 4.90 Å². The summed E-state index contributed by atoms with van der Waals surface area (Å²) >= 11 is 6.23. The number of rotatable bonds is 5. The summed E-state index contributed by atoms with van der Waals surface area (Å²) in [5.74, 6) is 2.43. The Morgan fingerprint density at radius 1 is 1.47 bits per heavy atom. The van der Waals surface area contributed by atoms with E-state index in [-0.39, 0.29) is 0 Å². The normalized spacial score (nSPS) is 15.1. The van der Waals surface area contributed by atoms with Gasteiger partial charge in [-0.15, -0.1) is 0 Å². The van der Waals surface area contributed by atoms with Crippen LogP contribution in [0.15, 0.2) is 6.33 Å². The predicted molar refractivity (Wildman–Crippen MR) is 75.8 cm³/mol. The molecule has 1 aliphatic rings. The van der Waals surface area contributed by atoms with Gasteiger partial charge in [-0.05, 0) is 32.1 Å². The molecule has 1 fully saturated rings. The summed E-state index contributed by atoms with van der Waals surface area (Å²) in [7, 11) is 0. The summed E-state index contributed by atoms with van der Waals surface area (Å²) in [5.41, 5.74) is 0.980. The van der Waals surface area contributed by atoms with Crippen LogP contribution in [0.2, 0.25) is 5.15 Å². The molecule has 102 valence electrons. The van der Waals surface area contributed by atoms with Crippen LogP contribution >= 0.6 is 11.6 Å². The molecule has 3 rings (SSSR count). The average molecular weight is 280 g/mol. The molecule has 6 heteroatoms. The van der Waals surface area contributed by atoms with Crippen molar-refractivity contribution >= 4 is 23.2 Å². The molecule has 2 heterocycles. The van der Waals surface area contributed by atoms with Gasteiger partial charge in [-0.1, -0.05) is 18.5 Å². The molecular weight excluding hydrogens is 262 g/mol. The summed E-state index contributed by atoms with van der Waals surface area (Å²) in [5, 5.41) is 4.81. The fraction of sp³-hybridized carbons (Fsp3) is 0.615. The molecule has 0 radical (unpaired) electrons. The Kier molecular flexibility index (Phi) is 3.31. The van der Waals surface area contributed by atoms with E-state index in [0.717, 1.165) is 36.8 Å². The Hall–Kier alpha value is -1.36. The van der Waals surface area contributed by atoms with Crippen molar-refractivity contribution in [1.29, 1.82) is 0 Å². The predicted octanol–water partition coefficient (Wildman–Crippen LogP) is 2.71. The van der Waals surface area contributed by atoms with Crippen LogP contribution < -0.4 is 4.90 Å². The van der Waals surface area contributed by atoms with Gasteiger partial charge in [-0.2, -0.15) is 19.6 Å². The maximum atomic E-state index is 6.23. The minimum atomic E-state index is 0.521. The van der Waals surface area contributed by atoms with Crippen molar-refractivity contribution < 1.29 is 0 Å².